The van der Waals surface area contributed by atoms with Crippen LogP contribution in [-0.2, 0) is 17.1 Å². The lowest BCUT2D eigenvalue weighted by Crippen LogP contribution is -2.50. The summed E-state index contributed by atoms with van der Waals surface area (Å²) in [4.78, 5) is 14.4. The fourth-order valence-electron chi connectivity index (χ4n) is 3.66. The fraction of sp³-hybridized carbons (Fsp3) is 0.250. The summed E-state index contributed by atoms with van der Waals surface area (Å²) in [6, 6.07) is 13.0. The van der Waals surface area contributed by atoms with E-state index in [4.69, 9.17) is 0 Å². The van der Waals surface area contributed by atoms with E-state index in [2.05, 4.69) is 15.9 Å². The van der Waals surface area contributed by atoms with Crippen molar-refractivity contribution in [2.45, 2.75) is 4.90 Å². The third-order valence-corrected chi connectivity index (χ3v) is 7.96. The van der Waals surface area contributed by atoms with Crippen molar-refractivity contribution in [3.05, 3.63) is 64.5 Å². The highest BCUT2D eigenvalue weighted by molar-refractivity contribution is 9.10. The van der Waals surface area contributed by atoms with Crippen LogP contribution < -0.4 is 0 Å². The van der Waals surface area contributed by atoms with Gasteiger partial charge < -0.3 is 9.47 Å². The van der Waals surface area contributed by atoms with Crippen molar-refractivity contribution in [2.24, 2.45) is 7.05 Å². The average Bonchev–Trinajstić information content (AvgIpc) is 2.98. The lowest BCUT2D eigenvalue weighted by molar-refractivity contribution is 0.0687. The Morgan fingerprint density at radius 3 is 2.28 bits per heavy atom. The molecule has 0 saturated carbocycles. The second-order valence-corrected chi connectivity index (χ2v) is 9.56. The largest absolute Gasteiger partial charge is 0.339 e. The Balaban J connectivity index is 1.55. The molecule has 0 bridgehead atoms. The SMILES string of the molecule is Cn1c(C(=O)N2CCN(S(=O)(=O)c3ccccc3F)CC2)c(Br)c2ccccc21. The Morgan fingerprint density at radius 2 is 1.62 bits per heavy atom. The molecule has 0 N–H and O–H groups in total. The number of rotatable bonds is 3. The summed E-state index contributed by atoms with van der Waals surface area (Å²) >= 11 is 3.54. The molecule has 1 aliphatic rings. The Bertz CT molecular complexity index is 1160. The first-order valence-corrected chi connectivity index (χ1v) is 11.3. The third kappa shape index (κ3) is 3.37. The number of halogens is 2. The number of hydrogen-bond acceptors (Lipinski definition) is 3. The van der Waals surface area contributed by atoms with Crippen LogP contribution in [0.4, 0.5) is 4.39 Å². The minimum Gasteiger partial charge on any atom is -0.339 e. The van der Waals surface area contributed by atoms with Crippen LogP contribution in [0.5, 0.6) is 0 Å². The highest BCUT2D eigenvalue weighted by Crippen LogP contribution is 2.31. The van der Waals surface area contributed by atoms with Gasteiger partial charge in [0.15, 0.2) is 0 Å². The van der Waals surface area contributed by atoms with E-state index < -0.39 is 15.8 Å². The maximum Gasteiger partial charge on any atom is 0.271 e. The smallest absolute Gasteiger partial charge is 0.271 e. The monoisotopic (exact) mass is 479 g/mol. The van der Waals surface area contributed by atoms with Crippen LogP contribution in [0.25, 0.3) is 10.9 Å². The lowest BCUT2D eigenvalue weighted by atomic mass is 10.2. The molecule has 2 aromatic carbocycles. The van der Waals surface area contributed by atoms with Crippen molar-refractivity contribution >= 4 is 42.8 Å². The van der Waals surface area contributed by atoms with Gasteiger partial charge >= 0.3 is 0 Å². The van der Waals surface area contributed by atoms with Crippen LogP contribution in [-0.4, -0.2) is 54.3 Å². The number of hydrogen-bond donors (Lipinski definition) is 0. The second kappa shape index (κ2) is 7.55. The van der Waals surface area contributed by atoms with Gasteiger partial charge in [-0.15, -0.1) is 0 Å². The van der Waals surface area contributed by atoms with E-state index in [1.54, 1.807) is 4.90 Å². The standard InChI is InChI=1S/C20H19BrFN3O3S/c1-23-16-8-4-2-6-14(16)18(21)19(23)20(26)24-10-12-25(13-11-24)29(27,28)17-9-5-3-7-15(17)22/h2-9H,10-13H2,1H3. The molecule has 4 rings (SSSR count). The van der Waals surface area contributed by atoms with Crippen molar-refractivity contribution in [3.63, 3.8) is 0 Å². The molecule has 1 aliphatic heterocycles. The normalized spacial score (nSPS) is 15.8. The number of aromatic nitrogens is 1. The van der Waals surface area contributed by atoms with Gasteiger partial charge in [-0.05, 0) is 34.1 Å². The van der Waals surface area contributed by atoms with Crippen molar-refractivity contribution in [3.8, 4) is 0 Å². The number of para-hydroxylation sites is 1. The Hall–Kier alpha value is -2.23. The number of aryl methyl sites for hydroxylation is 1. The molecule has 0 spiro atoms. The average molecular weight is 480 g/mol. The molecule has 9 heteroatoms. The van der Waals surface area contributed by atoms with Crippen LogP contribution in [0.2, 0.25) is 0 Å². The van der Waals surface area contributed by atoms with Crippen molar-refractivity contribution in [1.82, 2.24) is 13.8 Å². The molecule has 0 atom stereocenters. The van der Waals surface area contributed by atoms with E-state index in [0.29, 0.717) is 5.69 Å². The second-order valence-electron chi connectivity index (χ2n) is 6.87. The predicted octanol–water partition coefficient (Wildman–Crippen LogP) is 3.23. The summed E-state index contributed by atoms with van der Waals surface area (Å²) in [6.45, 7) is 0.703. The first-order valence-electron chi connectivity index (χ1n) is 9.09. The molecule has 2 heterocycles. The molecule has 1 aromatic heterocycles. The van der Waals surface area contributed by atoms with E-state index in [9.17, 15) is 17.6 Å². The first-order chi connectivity index (χ1) is 13.8. The molecule has 1 fully saturated rings. The van der Waals surface area contributed by atoms with Crippen LogP contribution in [0, 0.1) is 5.82 Å². The fourth-order valence-corrected chi connectivity index (χ4v) is 5.92. The minimum absolute atomic E-state index is 0.115. The first kappa shape index (κ1) is 20.1. The Morgan fingerprint density at radius 1 is 1.00 bits per heavy atom. The zero-order valence-electron chi connectivity index (χ0n) is 15.7. The number of benzene rings is 2. The third-order valence-electron chi connectivity index (χ3n) is 5.23. The van der Waals surface area contributed by atoms with Crippen molar-refractivity contribution < 1.29 is 17.6 Å². The number of sulfonamides is 1. The summed E-state index contributed by atoms with van der Waals surface area (Å²) in [7, 11) is -2.10. The lowest BCUT2D eigenvalue weighted by Gasteiger charge is -2.34. The Kier molecular flexibility index (Phi) is 5.22. The van der Waals surface area contributed by atoms with Gasteiger partial charge in [-0.25, -0.2) is 12.8 Å². The number of fused-ring (bicyclic) bond motifs is 1. The molecule has 3 aromatic rings. The minimum atomic E-state index is -3.94. The molecule has 0 unspecified atom stereocenters. The zero-order chi connectivity index (χ0) is 20.8. The number of piperazine rings is 1. The highest BCUT2D eigenvalue weighted by Gasteiger charge is 2.33. The van der Waals surface area contributed by atoms with Gasteiger partial charge in [0.05, 0.1) is 4.47 Å². The maximum atomic E-state index is 14.0. The topological polar surface area (TPSA) is 62.6 Å². The van der Waals surface area contributed by atoms with Crippen LogP contribution >= 0.6 is 15.9 Å². The van der Waals surface area contributed by atoms with E-state index in [1.165, 1.54) is 22.5 Å². The number of amides is 1. The van der Waals surface area contributed by atoms with Crippen LogP contribution in [0.15, 0.2) is 57.9 Å². The summed E-state index contributed by atoms with van der Waals surface area (Å²) in [5.41, 5.74) is 1.46. The van der Waals surface area contributed by atoms with Gasteiger partial charge in [0.1, 0.15) is 16.4 Å². The van der Waals surface area contributed by atoms with Crippen molar-refractivity contribution in [2.75, 3.05) is 26.2 Å². The highest BCUT2D eigenvalue weighted by atomic mass is 79.9. The molecule has 1 amide bonds. The van der Waals surface area contributed by atoms with Gasteiger partial charge in [-0.2, -0.15) is 4.31 Å². The van der Waals surface area contributed by atoms with Gasteiger partial charge in [-0.3, -0.25) is 4.79 Å². The van der Waals surface area contributed by atoms with E-state index in [0.717, 1.165) is 21.4 Å². The summed E-state index contributed by atoms with van der Waals surface area (Å²) in [5.74, 6) is -0.941. The molecule has 6 nitrogen and oxygen atoms in total. The van der Waals surface area contributed by atoms with Crippen LogP contribution in [0.1, 0.15) is 10.5 Å². The van der Waals surface area contributed by atoms with Gasteiger partial charge in [-0.1, -0.05) is 30.3 Å². The van der Waals surface area contributed by atoms with E-state index in [-0.39, 0.29) is 37.0 Å². The molecule has 29 heavy (non-hydrogen) atoms. The number of nitrogens with zero attached hydrogens (tertiary/aromatic N) is 3. The van der Waals surface area contributed by atoms with Gasteiger partial charge in [0.2, 0.25) is 10.0 Å². The summed E-state index contributed by atoms with van der Waals surface area (Å²) in [6.07, 6.45) is 0. The zero-order valence-corrected chi connectivity index (χ0v) is 18.1. The summed E-state index contributed by atoms with van der Waals surface area (Å²) < 4.78 is 43.3. The molecule has 152 valence electrons. The molecule has 0 aliphatic carbocycles. The van der Waals surface area contributed by atoms with Gasteiger partial charge in [0.25, 0.3) is 5.91 Å². The van der Waals surface area contributed by atoms with E-state index in [1.807, 2.05) is 35.9 Å². The van der Waals surface area contributed by atoms with Gasteiger partial charge in [0, 0.05) is 44.1 Å². The van der Waals surface area contributed by atoms with E-state index >= 15 is 0 Å². The van der Waals surface area contributed by atoms with Crippen molar-refractivity contribution in [1.29, 1.82) is 0 Å². The van der Waals surface area contributed by atoms with Crippen LogP contribution in [0.3, 0.4) is 0 Å². The molecule has 1 saturated heterocycles. The number of carbonyl (C=O) groups excluding carboxylic acids is 1. The Labute approximate surface area is 176 Å². The maximum absolute atomic E-state index is 14.0. The molecule has 0 radical (unpaired) electrons. The predicted molar refractivity (Wildman–Crippen MR) is 112 cm³/mol. The molecular weight excluding hydrogens is 461 g/mol. The number of carbonyl (C=O) groups is 1. The summed E-state index contributed by atoms with van der Waals surface area (Å²) in [5, 5.41) is 0.944. The molecular formula is C20H19BrFN3O3S. The quantitative estimate of drug-likeness (QED) is 0.579.